The summed E-state index contributed by atoms with van der Waals surface area (Å²) in [5.41, 5.74) is 2.91. The van der Waals surface area contributed by atoms with Crippen LogP contribution in [0.5, 0.6) is 0 Å². The zero-order valence-electron chi connectivity index (χ0n) is 12.3. The number of carbonyl (C=O) groups is 1. The maximum atomic E-state index is 12.6. The van der Waals surface area contributed by atoms with Crippen molar-refractivity contribution in [3.05, 3.63) is 17.0 Å². The smallest absolute Gasteiger partial charge is 0.274 e. The van der Waals surface area contributed by atoms with Crippen molar-refractivity contribution in [1.29, 1.82) is 0 Å². The third-order valence-electron chi connectivity index (χ3n) is 4.98. The Bertz CT molecular complexity index is 530. The van der Waals surface area contributed by atoms with E-state index in [-0.39, 0.29) is 5.91 Å². The lowest BCUT2D eigenvalue weighted by Crippen LogP contribution is -2.40. The van der Waals surface area contributed by atoms with Crippen LogP contribution in [-0.2, 0) is 17.7 Å². The maximum absolute atomic E-state index is 12.6. The molecule has 2 saturated heterocycles. The molecule has 0 radical (unpaired) electrons. The van der Waals surface area contributed by atoms with Gasteiger partial charge in [0.15, 0.2) is 5.69 Å². The monoisotopic (exact) mass is 290 g/mol. The molecule has 4 heterocycles. The van der Waals surface area contributed by atoms with Gasteiger partial charge in [0, 0.05) is 56.5 Å². The van der Waals surface area contributed by atoms with Gasteiger partial charge in [0.25, 0.3) is 5.91 Å². The van der Waals surface area contributed by atoms with Gasteiger partial charge in [-0.15, -0.1) is 0 Å². The van der Waals surface area contributed by atoms with Crippen LogP contribution in [0, 0.1) is 0 Å². The molecular weight excluding hydrogens is 268 g/mol. The molecule has 6 nitrogen and oxygen atoms in total. The number of ether oxygens (including phenoxy) is 1. The largest absolute Gasteiger partial charge is 0.380 e. The van der Waals surface area contributed by atoms with Crippen molar-refractivity contribution in [2.24, 2.45) is 0 Å². The van der Waals surface area contributed by atoms with E-state index in [1.54, 1.807) is 0 Å². The number of hydrogen-bond acceptors (Lipinski definition) is 4. The highest BCUT2D eigenvalue weighted by Crippen LogP contribution is 2.26. The van der Waals surface area contributed by atoms with Crippen molar-refractivity contribution in [2.45, 2.75) is 38.3 Å². The van der Waals surface area contributed by atoms with Crippen LogP contribution in [-0.4, -0.2) is 64.8 Å². The Morgan fingerprint density at radius 3 is 2.90 bits per heavy atom. The highest BCUT2D eigenvalue weighted by Gasteiger charge is 2.32. The van der Waals surface area contributed by atoms with E-state index in [0.29, 0.717) is 11.7 Å². The summed E-state index contributed by atoms with van der Waals surface area (Å²) >= 11 is 0. The molecule has 114 valence electrons. The second-order valence-corrected chi connectivity index (χ2v) is 6.27. The minimum atomic E-state index is 0.106. The number of rotatable bonds is 2. The third-order valence-corrected chi connectivity index (χ3v) is 4.98. The minimum absolute atomic E-state index is 0.106. The second kappa shape index (κ2) is 5.42. The summed E-state index contributed by atoms with van der Waals surface area (Å²) in [7, 11) is 0. The molecule has 1 aromatic rings. The van der Waals surface area contributed by atoms with Gasteiger partial charge in [-0.05, 0) is 19.3 Å². The molecule has 1 N–H and O–H groups in total. The van der Waals surface area contributed by atoms with Crippen molar-refractivity contribution >= 4 is 5.91 Å². The molecule has 4 rings (SSSR count). The average Bonchev–Trinajstić information content (AvgIpc) is 3.25. The number of aromatic nitrogens is 2. The fourth-order valence-corrected chi connectivity index (χ4v) is 3.68. The molecular formula is C15H22N4O2. The molecule has 0 aromatic carbocycles. The first-order chi connectivity index (χ1) is 10.3. The van der Waals surface area contributed by atoms with E-state index in [1.165, 1.54) is 0 Å². The van der Waals surface area contributed by atoms with Crippen LogP contribution in [0.2, 0.25) is 0 Å². The predicted octanol–water partition coefficient (Wildman–Crippen LogP) is 0.793. The van der Waals surface area contributed by atoms with E-state index >= 15 is 0 Å². The quantitative estimate of drug-likeness (QED) is 0.875. The van der Waals surface area contributed by atoms with Gasteiger partial charge < -0.3 is 9.64 Å². The van der Waals surface area contributed by atoms with Crippen LogP contribution in [0.3, 0.4) is 0 Å². The number of likely N-dealkylation sites (tertiary alicyclic amines) is 1. The minimum Gasteiger partial charge on any atom is -0.380 e. The summed E-state index contributed by atoms with van der Waals surface area (Å²) in [5, 5.41) is 7.42. The topological polar surface area (TPSA) is 61.5 Å². The molecule has 3 aliphatic rings. The van der Waals surface area contributed by atoms with E-state index < -0.39 is 0 Å². The van der Waals surface area contributed by atoms with Gasteiger partial charge in [-0.2, -0.15) is 5.10 Å². The molecule has 3 aliphatic heterocycles. The first-order valence-electron chi connectivity index (χ1n) is 8.00. The maximum Gasteiger partial charge on any atom is 0.274 e. The molecule has 0 spiro atoms. The highest BCUT2D eigenvalue weighted by atomic mass is 16.5. The molecule has 1 atom stereocenters. The van der Waals surface area contributed by atoms with Crippen molar-refractivity contribution < 1.29 is 9.53 Å². The van der Waals surface area contributed by atoms with E-state index in [4.69, 9.17) is 4.74 Å². The van der Waals surface area contributed by atoms with Gasteiger partial charge in [-0.25, -0.2) is 0 Å². The van der Waals surface area contributed by atoms with Crippen molar-refractivity contribution in [3.63, 3.8) is 0 Å². The number of nitrogens with one attached hydrogen (secondary N) is 1. The number of hydrogen-bond donors (Lipinski definition) is 1. The molecule has 1 amide bonds. The Hall–Kier alpha value is -1.40. The van der Waals surface area contributed by atoms with E-state index in [2.05, 4.69) is 15.1 Å². The average molecular weight is 290 g/mol. The number of carbonyl (C=O) groups excluding carboxylic acids is 1. The molecule has 0 saturated carbocycles. The van der Waals surface area contributed by atoms with Gasteiger partial charge in [0.05, 0.1) is 6.61 Å². The highest BCUT2D eigenvalue weighted by molar-refractivity contribution is 5.94. The van der Waals surface area contributed by atoms with Gasteiger partial charge in [-0.1, -0.05) is 0 Å². The lowest BCUT2D eigenvalue weighted by Gasteiger charge is -2.31. The van der Waals surface area contributed by atoms with Crippen LogP contribution in [0.15, 0.2) is 0 Å². The molecule has 0 unspecified atom stereocenters. The predicted molar refractivity (Wildman–Crippen MR) is 77.1 cm³/mol. The summed E-state index contributed by atoms with van der Waals surface area (Å²) in [4.78, 5) is 17.0. The van der Waals surface area contributed by atoms with Crippen LogP contribution >= 0.6 is 0 Å². The Morgan fingerprint density at radius 1 is 1.29 bits per heavy atom. The van der Waals surface area contributed by atoms with Gasteiger partial charge in [0.2, 0.25) is 0 Å². The Labute approximate surface area is 124 Å². The van der Waals surface area contributed by atoms with Crippen molar-refractivity contribution in [1.82, 2.24) is 20.0 Å². The lowest BCUT2D eigenvalue weighted by atomic mass is 10.0. The van der Waals surface area contributed by atoms with Crippen LogP contribution in [0.4, 0.5) is 0 Å². The van der Waals surface area contributed by atoms with E-state index in [1.807, 2.05) is 4.90 Å². The van der Waals surface area contributed by atoms with E-state index in [9.17, 15) is 4.79 Å². The molecule has 21 heavy (non-hydrogen) atoms. The SMILES string of the molecule is O=C(c1n[nH]c2c1CN([C@H]1CCOC1)CC2)N1CCCC1. The number of fused-ring (bicyclic) bond motifs is 1. The van der Waals surface area contributed by atoms with Crippen molar-refractivity contribution in [3.8, 4) is 0 Å². The summed E-state index contributed by atoms with van der Waals surface area (Å²) in [6.45, 7) is 5.29. The number of H-pyrrole nitrogens is 1. The fraction of sp³-hybridized carbons (Fsp3) is 0.733. The van der Waals surface area contributed by atoms with Gasteiger partial charge in [0.1, 0.15) is 0 Å². The first-order valence-corrected chi connectivity index (χ1v) is 8.00. The molecule has 0 aliphatic carbocycles. The molecule has 0 bridgehead atoms. The Kier molecular flexibility index (Phi) is 3.43. The number of amides is 1. The Morgan fingerprint density at radius 2 is 2.14 bits per heavy atom. The standard InChI is InChI=1S/C15H22N4O2/c20-15(18-5-1-2-6-18)14-12-9-19(11-4-8-21-10-11)7-3-13(12)16-17-14/h11H,1-10H2,(H,16,17)/t11-/m0/s1. The zero-order chi connectivity index (χ0) is 14.2. The van der Waals surface area contributed by atoms with Gasteiger partial charge in [-0.3, -0.25) is 14.8 Å². The first kappa shape index (κ1) is 13.3. The molecule has 1 aromatic heterocycles. The lowest BCUT2D eigenvalue weighted by molar-refractivity contribution is 0.0782. The summed E-state index contributed by atoms with van der Waals surface area (Å²) < 4.78 is 5.50. The van der Waals surface area contributed by atoms with Crippen LogP contribution < -0.4 is 0 Å². The van der Waals surface area contributed by atoms with Gasteiger partial charge >= 0.3 is 0 Å². The summed E-state index contributed by atoms with van der Waals surface area (Å²) in [6, 6.07) is 0.503. The normalized spacial score (nSPS) is 26.3. The molecule has 6 heteroatoms. The number of nitrogens with zero attached hydrogens (tertiary/aromatic N) is 3. The van der Waals surface area contributed by atoms with E-state index in [0.717, 1.165) is 76.3 Å². The Balaban J connectivity index is 1.55. The summed E-state index contributed by atoms with van der Waals surface area (Å²) in [5.74, 6) is 0.106. The van der Waals surface area contributed by atoms with Crippen molar-refractivity contribution in [2.75, 3.05) is 32.8 Å². The number of aromatic amines is 1. The van der Waals surface area contributed by atoms with Crippen LogP contribution in [0.1, 0.15) is 41.0 Å². The fourth-order valence-electron chi connectivity index (χ4n) is 3.68. The van der Waals surface area contributed by atoms with Crippen LogP contribution in [0.25, 0.3) is 0 Å². The third kappa shape index (κ3) is 2.36. The molecule has 2 fully saturated rings. The second-order valence-electron chi connectivity index (χ2n) is 6.27. The summed E-state index contributed by atoms with van der Waals surface area (Å²) in [6.07, 6.45) is 4.28. The zero-order valence-corrected chi connectivity index (χ0v) is 12.3.